The SMILES string of the molecule is CN=C/C(=C\N)S(=O)(=O)N1CCC(Nc2cc([C@@H]3CC[C@H](OC(=O)NC(C)C)C3)[nH]n2)CC1. The van der Waals surface area contributed by atoms with E-state index in [9.17, 15) is 13.2 Å². The Kier molecular flexibility index (Phi) is 8.35. The van der Waals surface area contributed by atoms with E-state index in [1.807, 2.05) is 19.9 Å². The molecular formula is C21H35N7O4S. The Labute approximate surface area is 195 Å². The second kappa shape index (κ2) is 11.0. The van der Waals surface area contributed by atoms with Gasteiger partial charge in [0.05, 0.1) is 0 Å². The minimum absolute atomic E-state index is 0.00823. The van der Waals surface area contributed by atoms with Crippen LogP contribution in [0, 0.1) is 0 Å². The molecule has 1 aromatic rings. The van der Waals surface area contributed by atoms with E-state index in [0.717, 1.165) is 37.0 Å². The number of aromatic amines is 1. The molecule has 11 nitrogen and oxygen atoms in total. The minimum atomic E-state index is -3.63. The molecule has 1 amide bonds. The lowest BCUT2D eigenvalue weighted by Crippen LogP contribution is -2.43. The van der Waals surface area contributed by atoms with Gasteiger partial charge in [-0.2, -0.15) is 9.40 Å². The summed E-state index contributed by atoms with van der Waals surface area (Å²) >= 11 is 0. The van der Waals surface area contributed by atoms with E-state index < -0.39 is 10.0 Å². The van der Waals surface area contributed by atoms with E-state index in [0.29, 0.717) is 25.9 Å². The molecule has 12 heteroatoms. The highest BCUT2D eigenvalue weighted by Gasteiger charge is 2.32. The third-order valence-electron chi connectivity index (χ3n) is 5.97. The van der Waals surface area contributed by atoms with Crippen LogP contribution >= 0.6 is 0 Å². The monoisotopic (exact) mass is 481 g/mol. The van der Waals surface area contributed by atoms with Gasteiger partial charge in [0, 0.05) is 62.3 Å². The summed E-state index contributed by atoms with van der Waals surface area (Å²) in [6.45, 7) is 4.59. The normalized spacial score (nSPS) is 23.3. The molecule has 1 aromatic heterocycles. The van der Waals surface area contributed by atoms with Crippen molar-refractivity contribution in [2.75, 3.05) is 25.5 Å². The van der Waals surface area contributed by atoms with E-state index in [1.54, 1.807) is 0 Å². The van der Waals surface area contributed by atoms with Gasteiger partial charge in [-0.1, -0.05) is 0 Å². The zero-order chi connectivity index (χ0) is 24.0. The van der Waals surface area contributed by atoms with Crippen molar-refractivity contribution in [3.8, 4) is 0 Å². The summed E-state index contributed by atoms with van der Waals surface area (Å²) in [6.07, 6.45) is 5.72. The number of hydrogen-bond acceptors (Lipinski definition) is 8. The van der Waals surface area contributed by atoms with Crippen LogP contribution in [0.3, 0.4) is 0 Å². The Balaban J connectivity index is 1.49. The van der Waals surface area contributed by atoms with Gasteiger partial charge in [-0.05, 0) is 46.0 Å². The second-order valence-electron chi connectivity index (χ2n) is 8.82. The van der Waals surface area contributed by atoms with Crippen molar-refractivity contribution in [3.05, 3.63) is 22.9 Å². The number of sulfonamides is 1. The fourth-order valence-corrected chi connectivity index (χ4v) is 5.69. The standard InChI is InChI=1S/C21H35N7O4S/c1-14(2)24-21(29)32-17-5-4-15(10-17)19-11-20(27-26-19)25-16-6-8-28(9-7-16)33(30,31)18(12-22)13-23-3/h11-17H,4-10,22H2,1-3H3,(H,24,29)(H2,25,26,27)/b18-12+,23-13?/t15-,17+/m1/s1. The number of nitrogens with one attached hydrogen (secondary N) is 3. The molecule has 2 heterocycles. The molecule has 1 aliphatic carbocycles. The van der Waals surface area contributed by atoms with E-state index >= 15 is 0 Å². The number of aliphatic imine (C=N–C) groups is 1. The molecule has 2 fully saturated rings. The van der Waals surface area contributed by atoms with Gasteiger partial charge >= 0.3 is 6.09 Å². The number of nitrogens with two attached hydrogens (primary N) is 1. The zero-order valence-electron chi connectivity index (χ0n) is 19.5. The largest absolute Gasteiger partial charge is 0.446 e. The van der Waals surface area contributed by atoms with Gasteiger partial charge in [0.25, 0.3) is 0 Å². The first-order valence-electron chi connectivity index (χ1n) is 11.4. The Morgan fingerprint density at radius 3 is 2.70 bits per heavy atom. The zero-order valence-corrected chi connectivity index (χ0v) is 20.3. The molecule has 184 valence electrons. The van der Waals surface area contributed by atoms with Crippen molar-refractivity contribution in [1.29, 1.82) is 0 Å². The van der Waals surface area contributed by atoms with Crippen LogP contribution in [0.25, 0.3) is 0 Å². The Hall–Kier alpha value is -2.60. The van der Waals surface area contributed by atoms with Crippen molar-refractivity contribution >= 4 is 28.1 Å². The van der Waals surface area contributed by atoms with Gasteiger partial charge in [-0.15, -0.1) is 0 Å². The molecule has 1 saturated heterocycles. The summed E-state index contributed by atoms with van der Waals surface area (Å²) in [5.41, 5.74) is 6.49. The first kappa shape index (κ1) is 25.0. The van der Waals surface area contributed by atoms with Crippen molar-refractivity contribution in [3.63, 3.8) is 0 Å². The Morgan fingerprint density at radius 2 is 2.06 bits per heavy atom. The molecule has 1 aliphatic heterocycles. The van der Waals surface area contributed by atoms with E-state index in [4.69, 9.17) is 10.5 Å². The lowest BCUT2D eigenvalue weighted by molar-refractivity contribution is 0.0981. The smallest absolute Gasteiger partial charge is 0.407 e. The Morgan fingerprint density at radius 1 is 1.33 bits per heavy atom. The minimum Gasteiger partial charge on any atom is -0.446 e. The highest BCUT2D eigenvalue weighted by atomic mass is 32.2. The average molecular weight is 482 g/mol. The van der Waals surface area contributed by atoms with Gasteiger partial charge in [0.15, 0.2) is 0 Å². The van der Waals surface area contributed by atoms with E-state index in [2.05, 4.69) is 25.8 Å². The second-order valence-corrected chi connectivity index (χ2v) is 10.8. The third kappa shape index (κ3) is 6.47. The maximum atomic E-state index is 12.7. The number of alkyl carbamates (subject to hydrolysis) is 1. The molecule has 0 unspecified atom stereocenters. The predicted octanol–water partition coefficient (Wildman–Crippen LogP) is 1.89. The average Bonchev–Trinajstić information content (AvgIpc) is 3.41. The number of allylic oxidation sites excluding steroid dienone is 1. The number of nitrogens with zero attached hydrogens (tertiary/aromatic N) is 3. The number of anilines is 1. The van der Waals surface area contributed by atoms with Crippen LogP contribution in [0.5, 0.6) is 0 Å². The molecule has 2 atom stereocenters. The number of aromatic nitrogens is 2. The fourth-order valence-electron chi connectivity index (χ4n) is 4.29. The van der Waals surface area contributed by atoms with E-state index in [1.165, 1.54) is 17.6 Å². The lowest BCUT2D eigenvalue weighted by Gasteiger charge is -2.31. The molecule has 0 aromatic carbocycles. The highest BCUT2D eigenvalue weighted by Crippen LogP contribution is 2.36. The van der Waals surface area contributed by atoms with Crippen LogP contribution in [0.1, 0.15) is 57.6 Å². The van der Waals surface area contributed by atoms with Gasteiger partial charge in [-0.25, -0.2) is 13.2 Å². The summed E-state index contributed by atoms with van der Waals surface area (Å²) in [4.78, 5) is 15.6. The van der Waals surface area contributed by atoms with Crippen LogP contribution in [0.15, 0.2) is 22.2 Å². The summed E-state index contributed by atoms with van der Waals surface area (Å²) in [7, 11) is -2.12. The number of ether oxygens (including phenoxy) is 1. The highest BCUT2D eigenvalue weighted by molar-refractivity contribution is 7.93. The predicted molar refractivity (Wildman–Crippen MR) is 128 cm³/mol. The number of H-pyrrole nitrogens is 1. The molecule has 2 aliphatic rings. The quantitative estimate of drug-likeness (QED) is 0.413. The van der Waals surface area contributed by atoms with Crippen LogP contribution in [-0.2, 0) is 14.8 Å². The van der Waals surface area contributed by atoms with Crippen LogP contribution in [0.4, 0.5) is 10.6 Å². The van der Waals surface area contributed by atoms with Crippen LogP contribution < -0.4 is 16.4 Å². The lowest BCUT2D eigenvalue weighted by atomic mass is 10.0. The summed E-state index contributed by atoms with van der Waals surface area (Å²) in [6, 6.07) is 2.17. The summed E-state index contributed by atoms with van der Waals surface area (Å²) < 4.78 is 32.3. The maximum Gasteiger partial charge on any atom is 0.407 e. The first-order valence-corrected chi connectivity index (χ1v) is 12.8. The van der Waals surface area contributed by atoms with E-state index in [-0.39, 0.29) is 35.1 Å². The molecule has 3 rings (SSSR count). The number of carbonyl (C=O) groups is 1. The summed E-state index contributed by atoms with van der Waals surface area (Å²) in [5, 5.41) is 13.6. The van der Waals surface area contributed by atoms with Crippen LogP contribution in [0.2, 0.25) is 0 Å². The van der Waals surface area contributed by atoms with Crippen molar-refractivity contribution in [2.45, 2.75) is 70.1 Å². The molecule has 0 bridgehead atoms. The van der Waals surface area contributed by atoms with Gasteiger partial charge < -0.3 is 21.1 Å². The maximum absolute atomic E-state index is 12.7. The number of carbonyl (C=O) groups excluding carboxylic acids is 1. The molecule has 0 radical (unpaired) electrons. The number of rotatable bonds is 8. The number of amides is 1. The van der Waals surface area contributed by atoms with Crippen LogP contribution in [-0.4, -0.2) is 73.6 Å². The first-order chi connectivity index (χ1) is 15.7. The van der Waals surface area contributed by atoms with Gasteiger partial charge in [0.1, 0.15) is 16.8 Å². The van der Waals surface area contributed by atoms with Crippen molar-refractivity contribution in [2.24, 2.45) is 10.7 Å². The molecule has 33 heavy (non-hydrogen) atoms. The Bertz CT molecular complexity index is 965. The molecular weight excluding hydrogens is 446 g/mol. The van der Waals surface area contributed by atoms with Gasteiger partial charge in [-0.3, -0.25) is 10.1 Å². The van der Waals surface area contributed by atoms with Gasteiger partial charge in [0.2, 0.25) is 10.0 Å². The molecule has 1 saturated carbocycles. The molecule has 0 spiro atoms. The summed E-state index contributed by atoms with van der Waals surface area (Å²) in [5.74, 6) is 1.01. The van der Waals surface area contributed by atoms with Crippen molar-refractivity contribution in [1.82, 2.24) is 19.8 Å². The fraction of sp³-hybridized carbons (Fsp3) is 0.667. The third-order valence-corrected chi connectivity index (χ3v) is 7.85. The molecule has 5 N–H and O–H groups in total. The van der Waals surface area contributed by atoms with Crippen molar-refractivity contribution < 1.29 is 17.9 Å². The number of hydrogen-bond donors (Lipinski definition) is 4. The topological polar surface area (TPSA) is 155 Å². The number of piperidine rings is 1.